The molecule has 1 aromatic rings. The van der Waals surface area contributed by atoms with Crippen LogP contribution in [0.25, 0.3) is 0 Å². The van der Waals surface area contributed by atoms with E-state index in [1.165, 1.54) is 4.46 Å². The molecule has 3 heteroatoms. The van der Waals surface area contributed by atoms with Crippen LogP contribution in [0.1, 0.15) is 0 Å². The molecule has 0 spiro atoms. The van der Waals surface area contributed by atoms with Crippen LogP contribution >= 0.6 is 0 Å². The first-order chi connectivity index (χ1) is 6.43. The van der Waals surface area contributed by atoms with Crippen LogP contribution in [0.4, 0.5) is 0 Å². The molecule has 0 aliphatic rings. The first-order valence-electron chi connectivity index (χ1n) is 4.18. The third kappa shape index (κ3) is 5.06. The summed E-state index contributed by atoms with van der Waals surface area (Å²) < 4.78 is 11.6. The molecule has 0 amide bonds. The Bertz CT molecular complexity index is 213. The zero-order valence-corrected chi connectivity index (χ0v) is 9.45. The topological polar surface area (TPSA) is 18.5 Å². The molecule has 1 rings (SSSR count). The molecule has 0 aliphatic carbocycles. The molecule has 0 N–H and O–H groups in total. The average Bonchev–Trinajstić information content (AvgIpc) is 2.19. The van der Waals surface area contributed by atoms with Gasteiger partial charge >= 0.3 is 85.1 Å². The molecule has 2 nitrogen and oxygen atoms in total. The second-order valence-electron chi connectivity index (χ2n) is 2.48. The number of methoxy groups -OCH3 is 1. The Labute approximate surface area is 85.4 Å². The number of ether oxygens (including phenoxy) is 2. The fourth-order valence-electron chi connectivity index (χ4n) is 0.828. The van der Waals surface area contributed by atoms with Crippen molar-refractivity contribution in [3.05, 3.63) is 30.3 Å². The summed E-state index contributed by atoms with van der Waals surface area (Å²) in [5, 5.41) is 0. The van der Waals surface area contributed by atoms with Crippen molar-refractivity contribution in [1.82, 2.24) is 0 Å². The van der Waals surface area contributed by atoms with Crippen molar-refractivity contribution in [2.45, 2.75) is 0 Å². The van der Waals surface area contributed by atoms with Gasteiger partial charge in [0, 0.05) is 0 Å². The molecule has 0 saturated heterocycles. The second kappa shape index (κ2) is 7.10. The normalized spacial score (nSPS) is 10.2. The van der Waals surface area contributed by atoms with Crippen LogP contribution in [-0.4, -0.2) is 40.8 Å². The summed E-state index contributed by atoms with van der Waals surface area (Å²) in [6.07, 6.45) is 0. The summed E-state index contributed by atoms with van der Waals surface area (Å²) in [5.74, 6) is 0. The summed E-state index contributed by atoms with van der Waals surface area (Å²) in [6, 6.07) is 10.4. The molecule has 0 unspecified atom stereocenters. The predicted octanol–water partition coefficient (Wildman–Crippen LogP) is 0.637. The van der Waals surface area contributed by atoms with Gasteiger partial charge in [0.25, 0.3) is 0 Å². The van der Waals surface area contributed by atoms with E-state index in [0.29, 0.717) is 28.2 Å². The van der Waals surface area contributed by atoms with Crippen LogP contribution in [-0.2, 0) is 9.47 Å². The van der Waals surface area contributed by atoms with Crippen LogP contribution in [0.2, 0.25) is 0 Å². The van der Waals surface area contributed by atoms with Crippen LogP contribution in [0.15, 0.2) is 30.3 Å². The summed E-state index contributed by atoms with van der Waals surface area (Å²) in [5.41, 5.74) is 0.834. The van der Waals surface area contributed by atoms with Gasteiger partial charge in [0.15, 0.2) is 0 Å². The van der Waals surface area contributed by atoms with Crippen molar-refractivity contribution >= 4 is 19.4 Å². The van der Waals surface area contributed by atoms with Crippen molar-refractivity contribution in [2.75, 3.05) is 25.8 Å². The van der Waals surface area contributed by atoms with Gasteiger partial charge in [-0.3, -0.25) is 0 Å². The van der Waals surface area contributed by atoms with Gasteiger partial charge in [-0.2, -0.15) is 0 Å². The van der Waals surface area contributed by atoms with Crippen LogP contribution in [0, 0.1) is 0 Å². The standard InChI is InChI=1S/C10H14O2Se/c1-11-7-8-12-9-13-10-5-3-2-4-6-10/h2-6H,7-9H2,1H3. The van der Waals surface area contributed by atoms with Gasteiger partial charge in [-0.05, 0) is 0 Å². The number of benzene rings is 1. The quantitative estimate of drug-likeness (QED) is 0.541. The summed E-state index contributed by atoms with van der Waals surface area (Å²) in [7, 11) is 1.69. The Morgan fingerprint density at radius 1 is 1.15 bits per heavy atom. The Hall–Kier alpha value is -0.341. The third-order valence-electron chi connectivity index (χ3n) is 1.48. The molecule has 1 aromatic carbocycles. The van der Waals surface area contributed by atoms with Crippen LogP contribution in [0.5, 0.6) is 0 Å². The molecule has 0 saturated carbocycles. The Morgan fingerprint density at radius 2 is 1.92 bits per heavy atom. The molecule has 0 heterocycles. The molecular weight excluding hydrogens is 231 g/mol. The van der Waals surface area contributed by atoms with Crippen molar-refractivity contribution in [2.24, 2.45) is 0 Å². The first-order valence-corrected chi connectivity index (χ1v) is 6.25. The average molecular weight is 245 g/mol. The maximum atomic E-state index is 5.38. The second-order valence-corrected chi connectivity index (χ2v) is 4.57. The minimum atomic E-state index is 0.439. The molecule has 13 heavy (non-hydrogen) atoms. The van der Waals surface area contributed by atoms with E-state index in [2.05, 4.69) is 24.3 Å². The fraction of sp³-hybridized carbons (Fsp3) is 0.400. The molecule has 0 aliphatic heterocycles. The Morgan fingerprint density at radius 3 is 2.62 bits per heavy atom. The predicted molar refractivity (Wildman–Crippen MR) is 54.5 cm³/mol. The van der Waals surface area contributed by atoms with Gasteiger partial charge < -0.3 is 0 Å². The number of rotatable bonds is 6. The van der Waals surface area contributed by atoms with E-state index >= 15 is 0 Å². The third-order valence-corrected chi connectivity index (χ3v) is 3.35. The zero-order chi connectivity index (χ0) is 9.36. The number of hydrogen-bond acceptors (Lipinski definition) is 2. The van der Waals surface area contributed by atoms with Crippen molar-refractivity contribution in [3.63, 3.8) is 0 Å². The van der Waals surface area contributed by atoms with Crippen LogP contribution < -0.4 is 4.46 Å². The summed E-state index contributed by atoms with van der Waals surface area (Å²) in [4.78, 5) is 0. The van der Waals surface area contributed by atoms with Crippen molar-refractivity contribution in [3.8, 4) is 0 Å². The molecule has 0 aromatic heterocycles. The van der Waals surface area contributed by atoms with Gasteiger partial charge in [0.1, 0.15) is 0 Å². The molecule has 0 atom stereocenters. The van der Waals surface area contributed by atoms with E-state index in [0.717, 1.165) is 5.51 Å². The molecular formula is C10H14O2Se. The van der Waals surface area contributed by atoms with Crippen LogP contribution in [0.3, 0.4) is 0 Å². The molecule has 0 radical (unpaired) electrons. The van der Waals surface area contributed by atoms with Crippen molar-refractivity contribution < 1.29 is 9.47 Å². The zero-order valence-electron chi connectivity index (χ0n) is 7.73. The van der Waals surface area contributed by atoms with E-state index in [1.54, 1.807) is 7.11 Å². The van der Waals surface area contributed by atoms with Crippen molar-refractivity contribution in [1.29, 1.82) is 0 Å². The van der Waals surface area contributed by atoms with Gasteiger partial charge in [-0.15, -0.1) is 0 Å². The Kier molecular flexibility index (Phi) is 5.87. The fourth-order valence-corrected chi connectivity index (χ4v) is 2.27. The summed E-state index contributed by atoms with van der Waals surface area (Å²) in [6.45, 7) is 1.38. The number of hydrogen-bond donors (Lipinski definition) is 0. The van der Waals surface area contributed by atoms with Gasteiger partial charge in [-0.25, -0.2) is 0 Å². The molecule has 0 bridgehead atoms. The SMILES string of the molecule is COCCOC[Se]c1ccccc1. The van der Waals surface area contributed by atoms with E-state index < -0.39 is 0 Å². The first kappa shape index (κ1) is 10.7. The molecule has 0 fully saturated rings. The monoisotopic (exact) mass is 246 g/mol. The Balaban J connectivity index is 2.07. The van der Waals surface area contributed by atoms with Gasteiger partial charge in [-0.1, -0.05) is 0 Å². The maximum absolute atomic E-state index is 5.38. The van der Waals surface area contributed by atoms with Gasteiger partial charge in [0.05, 0.1) is 0 Å². The summed E-state index contributed by atoms with van der Waals surface area (Å²) >= 11 is 0.439. The van der Waals surface area contributed by atoms with E-state index in [9.17, 15) is 0 Å². The van der Waals surface area contributed by atoms with Gasteiger partial charge in [0.2, 0.25) is 0 Å². The minimum absolute atomic E-state index is 0.439. The van der Waals surface area contributed by atoms with E-state index in [-0.39, 0.29) is 0 Å². The molecule has 72 valence electrons. The van der Waals surface area contributed by atoms with E-state index in [4.69, 9.17) is 9.47 Å². The van der Waals surface area contributed by atoms with E-state index in [1.807, 2.05) is 6.07 Å².